The molecule has 4 N–H and O–H groups in total. The number of anilines is 2. The van der Waals surface area contributed by atoms with Gasteiger partial charge in [0.25, 0.3) is 0 Å². The fourth-order valence-corrected chi connectivity index (χ4v) is 4.10. The summed E-state index contributed by atoms with van der Waals surface area (Å²) >= 11 is 0. The predicted molar refractivity (Wildman–Crippen MR) is 167 cm³/mol. The lowest BCUT2D eigenvalue weighted by Crippen LogP contribution is -2.08. The van der Waals surface area contributed by atoms with E-state index in [-0.39, 0.29) is 0 Å². The van der Waals surface area contributed by atoms with Crippen molar-refractivity contribution in [3.05, 3.63) is 83.9 Å². The molecule has 3 aromatic rings. The van der Waals surface area contributed by atoms with Crippen LogP contribution >= 0.6 is 0 Å². The monoisotopic (exact) mass is 574 g/mol. The summed E-state index contributed by atoms with van der Waals surface area (Å²) in [6, 6.07) is 19.3. The molecule has 0 radical (unpaired) electrons. The average molecular weight is 575 g/mol. The summed E-state index contributed by atoms with van der Waals surface area (Å²) in [5.41, 5.74) is 13.6. The SMILES string of the molecule is CCCCCOc1ccc(OC(=O)C=Cc2ccc(OCCCCCCCOC(=O)c3cc(N)cc(N)c3)cc2)cc1. The fraction of sp³-hybridized carbons (Fsp3) is 0.353. The number of nitrogen functional groups attached to an aromatic ring is 2. The maximum absolute atomic E-state index is 12.2. The van der Waals surface area contributed by atoms with E-state index in [1.54, 1.807) is 48.5 Å². The highest BCUT2D eigenvalue weighted by Crippen LogP contribution is 2.19. The molecule has 8 nitrogen and oxygen atoms in total. The number of esters is 2. The third kappa shape index (κ3) is 12.4. The molecular formula is C34H42N2O6. The number of carbonyl (C=O) groups excluding carboxylic acids is 2. The van der Waals surface area contributed by atoms with Crippen LogP contribution in [0.25, 0.3) is 6.08 Å². The van der Waals surface area contributed by atoms with Crippen molar-refractivity contribution in [1.82, 2.24) is 0 Å². The molecule has 224 valence electrons. The molecule has 0 aromatic heterocycles. The van der Waals surface area contributed by atoms with Gasteiger partial charge in [0, 0.05) is 17.5 Å². The van der Waals surface area contributed by atoms with Crippen molar-refractivity contribution in [2.45, 2.75) is 58.3 Å². The Kier molecular flexibility index (Phi) is 13.8. The highest BCUT2D eigenvalue weighted by Gasteiger charge is 2.08. The van der Waals surface area contributed by atoms with Crippen LogP contribution in [0.2, 0.25) is 0 Å². The topological polar surface area (TPSA) is 123 Å². The van der Waals surface area contributed by atoms with Crippen LogP contribution in [0.3, 0.4) is 0 Å². The minimum Gasteiger partial charge on any atom is -0.494 e. The predicted octanol–water partition coefficient (Wildman–Crippen LogP) is 7.23. The van der Waals surface area contributed by atoms with E-state index in [9.17, 15) is 9.59 Å². The van der Waals surface area contributed by atoms with Crippen LogP contribution in [0.1, 0.15) is 74.2 Å². The molecule has 0 aliphatic heterocycles. The second-order valence-electron chi connectivity index (χ2n) is 9.99. The van der Waals surface area contributed by atoms with Gasteiger partial charge in [-0.05, 0) is 85.5 Å². The van der Waals surface area contributed by atoms with Crippen molar-refractivity contribution >= 4 is 29.4 Å². The molecule has 0 heterocycles. The summed E-state index contributed by atoms with van der Waals surface area (Å²) in [7, 11) is 0. The zero-order valence-corrected chi connectivity index (χ0v) is 24.4. The summed E-state index contributed by atoms with van der Waals surface area (Å²) in [4.78, 5) is 24.3. The molecule has 3 rings (SSSR count). The van der Waals surface area contributed by atoms with Crippen LogP contribution in [0.4, 0.5) is 11.4 Å². The number of ether oxygens (including phenoxy) is 4. The minimum atomic E-state index is -0.448. The summed E-state index contributed by atoms with van der Waals surface area (Å²) in [6.07, 6.45) is 11.2. The van der Waals surface area contributed by atoms with Crippen molar-refractivity contribution in [1.29, 1.82) is 0 Å². The summed E-state index contributed by atoms with van der Waals surface area (Å²) in [5, 5.41) is 0. The van der Waals surface area contributed by atoms with Gasteiger partial charge in [0.15, 0.2) is 0 Å². The number of unbranched alkanes of at least 4 members (excludes halogenated alkanes) is 6. The third-order valence-electron chi connectivity index (χ3n) is 6.35. The van der Waals surface area contributed by atoms with Crippen LogP contribution in [0.5, 0.6) is 17.2 Å². The van der Waals surface area contributed by atoms with Crippen molar-refractivity contribution in [3.63, 3.8) is 0 Å². The Bertz CT molecular complexity index is 1250. The molecule has 0 atom stereocenters. The number of nitrogens with two attached hydrogens (primary N) is 2. The highest BCUT2D eigenvalue weighted by atomic mass is 16.5. The van der Waals surface area contributed by atoms with Crippen molar-refractivity contribution in [2.24, 2.45) is 0 Å². The Labute approximate surface area is 248 Å². The first-order chi connectivity index (χ1) is 20.4. The lowest BCUT2D eigenvalue weighted by Gasteiger charge is -2.08. The molecule has 0 saturated heterocycles. The van der Waals surface area contributed by atoms with E-state index in [1.807, 2.05) is 24.3 Å². The van der Waals surface area contributed by atoms with Gasteiger partial charge in [-0.2, -0.15) is 0 Å². The Morgan fingerprint density at radius 2 is 1.19 bits per heavy atom. The van der Waals surface area contributed by atoms with Gasteiger partial charge >= 0.3 is 11.9 Å². The molecular weight excluding hydrogens is 532 g/mol. The van der Waals surface area contributed by atoms with E-state index in [0.717, 1.165) is 68.4 Å². The molecule has 0 aliphatic carbocycles. The van der Waals surface area contributed by atoms with Crippen molar-refractivity contribution in [3.8, 4) is 17.2 Å². The third-order valence-corrected chi connectivity index (χ3v) is 6.35. The van der Waals surface area contributed by atoms with Crippen LogP contribution in [-0.2, 0) is 9.53 Å². The van der Waals surface area contributed by atoms with Crippen molar-refractivity contribution in [2.75, 3.05) is 31.3 Å². The molecule has 0 unspecified atom stereocenters. The first-order valence-corrected chi connectivity index (χ1v) is 14.6. The number of rotatable bonds is 18. The lowest BCUT2D eigenvalue weighted by atomic mass is 10.1. The van der Waals surface area contributed by atoms with Gasteiger partial charge in [-0.25, -0.2) is 9.59 Å². The summed E-state index contributed by atoms with van der Waals surface area (Å²) in [5.74, 6) is 1.16. The van der Waals surface area contributed by atoms with Gasteiger partial charge in [-0.1, -0.05) is 51.2 Å². The number of hydrogen-bond donors (Lipinski definition) is 2. The standard InChI is InChI=1S/C34H42N2O6/c1-2-3-7-20-39-31-15-17-32(18-16-31)42-33(37)19-12-26-10-13-30(14-11-26)40-21-8-5-4-6-9-22-41-34(38)27-23-28(35)25-29(36)24-27/h10-19,23-25H,2-9,20-22,35-36H2,1H3. The second-order valence-corrected chi connectivity index (χ2v) is 9.99. The zero-order chi connectivity index (χ0) is 30.0. The minimum absolute atomic E-state index is 0.365. The van der Waals surface area contributed by atoms with Crippen molar-refractivity contribution < 1.29 is 28.5 Å². The molecule has 0 saturated carbocycles. The smallest absolute Gasteiger partial charge is 0.338 e. The fourth-order valence-electron chi connectivity index (χ4n) is 4.10. The average Bonchev–Trinajstić information content (AvgIpc) is 2.98. The first kappa shape index (κ1) is 32.1. The molecule has 0 bridgehead atoms. The van der Waals surface area contributed by atoms with E-state index in [4.69, 9.17) is 30.4 Å². The Hall–Kier alpha value is -4.46. The maximum Gasteiger partial charge on any atom is 0.338 e. The van der Waals surface area contributed by atoms with Gasteiger partial charge < -0.3 is 30.4 Å². The second kappa shape index (κ2) is 18.1. The van der Waals surface area contributed by atoms with Crippen LogP contribution in [0, 0.1) is 0 Å². The van der Waals surface area contributed by atoms with Gasteiger partial charge in [-0.3, -0.25) is 0 Å². The van der Waals surface area contributed by atoms with E-state index in [0.29, 0.717) is 42.5 Å². The molecule has 0 spiro atoms. The normalized spacial score (nSPS) is 10.9. The van der Waals surface area contributed by atoms with E-state index in [2.05, 4.69) is 6.92 Å². The van der Waals surface area contributed by atoms with Gasteiger partial charge in [0.2, 0.25) is 0 Å². The number of benzene rings is 3. The molecule has 0 fully saturated rings. The van der Waals surface area contributed by atoms with Crippen LogP contribution < -0.4 is 25.7 Å². The first-order valence-electron chi connectivity index (χ1n) is 14.6. The lowest BCUT2D eigenvalue weighted by molar-refractivity contribution is -0.128. The number of carbonyl (C=O) groups is 2. The molecule has 3 aromatic carbocycles. The van der Waals surface area contributed by atoms with E-state index in [1.165, 1.54) is 6.08 Å². The highest BCUT2D eigenvalue weighted by molar-refractivity contribution is 5.91. The number of hydrogen-bond acceptors (Lipinski definition) is 8. The van der Waals surface area contributed by atoms with Crippen LogP contribution in [-0.4, -0.2) is 31.8 Å². The van der Waals surface area contributed by atoms with E-state index >= 15 is 0 Å². The Morgan fingerprint density at radius 3 is 1.81 bits per heavy atom. The van der Waals surface area contributed by atoms with Gasteiger partial charge in [-0.15, -0.1) is 0 Å². The van der Waals surface area contributed by atoms with Crippen LogP contribution in [0.15, 0.2) is 72.8 Å². The molecule has 0 aliphatic rings. The summed E-state index contributed by atoms with van der Waals surface area (Å²) < 4.78 is 22.2. The zero-order valence-electron chi connectivity index (χ0n) is 24.4. The molecule has 8 heteroatoms. The largest absolute Gasteiger partial charge is 0.494 e. The maximum atomic E-state index is 12.2. The molecule has 42 heavy (non-hydrogen) atoms. The van der Waals surface area contributed by atoms with E-state index < -0.39 is 11.9 Å². The summed E-state index contributed by atoms with van der Waals surface area (Å²) in [6.45, 7) is 3.83. The van der Waals surface area contributed by atoms with Gasteiger partial charge in [0.05, 0.1) is 25.4 Å². The molecule has 0 amide bonds. The Morgan fingerprint density at radius 1 is 0.667 bits per heavy atom. The van der Waals surface area contributed by atoms with Gasteiger partial charge in [0.1, 0.15) is 17.2 Å². The quantitative estimate of drug-likeness (QED) is 0.0536. The Balaban J connectivity index is 1.24.